The van der Waals surface area contributed by atoms with Crippen molar-refractivity contribution in [3.8, 4) is 5.75 Å². The van der Waals surface area contributed by atoms with Crippen LogP contribution in [-0.2, 0) is 0 Å². The van der Waals surface area contributed by atoms with Gasteiger partial charge in [-0.25, -0.2) is 0 Å². The average molecular weight is 331 g/mol. The van der Waals surface area contributed by atoms with E-state index in [1.807, 2.05) is 17.8 Å². The van der Waals surface area contributed by atoms with E-state index in [0.29, 0.717) is 11.8 Å². The highest BCUT2D eigenvalue weighted by molar-refractivity contribution is 7.99. The fourth-order valence-corrected chi connectivity index (χ4v) is 5.37. The minimum absolute atomic E-state index is 0.111. The quantitative estimate of drug-likeness (QED) is 0.800. The maximum Gasteiger partial charge on any atom is 0.573 e. The summed E-state index contributed by atoms with van der Waals surface area (Å²) in [4.78, 5) is 2.37. The Morgan fingerprint density at radius 2 is 2.14 bits per heavy atom. The molecule has 3 atom stereocenters. The number of alkyl halides is 3. The highest BCUT2D eigenvalue weighted by Crippen LogP contribution is 2.51. The number of ether oxygens (including phenoxy) is 1. The first-order valence-corrected chi connectivity index (χ1v) is 8.63. The van der Waals surface area contributed by atoms with Gasteiger partial charge >= 0.3 is 6.36 Å². The molecule has 2 aliphatic heterocycles. The van der Waals surface area contributed by atoms with Crippen molar-refractivity contribution >= 4 is 11.8 Å². The smallest absolute Gasteiger partial charge is 0.406 e. The van der Waals surface area contributed by atoms with E-state index in [9.17, 15) is 13.2 Å². The Labute approximate surface area is 133 Å². The molecule has 22 heavy (non-hydrogen) atoms. The molecule has 0 radical (unpaired) electrons. The molecule has 0 saturated carbocycles. The number of rotatable bonds is 2. The zero-order valence-electron chi connectivity index (χ0n) is 12.5. The predicted molar refractivity (Wildman–Crippen MR) is 82.0 cm³/mol. The summed E-state index contributed by atoms with van der Waals surface area (Å²) < 4.78 is 41.2. The van der Waals surface area contributed by atoms with Crippen LogP contribution in [0.5, 0.6) is 5.75 Å². The van der Waals surface area contributed by atoms with Crippen LogP contribution in [-0.4, -0.2) is 37.2 Å². The van der Waals surface area contributed by atoms with Crippen LogP contribution in [0.25, 0.3) is 0 Å². The number of nitrogens with zero attached hydrogens (tertiary/aromatic N) is 1. The summed E-state index contributed by atoms with van der Waals surface area (Å²) in [7, 11) is 2.15. The summed E-state index contributed by atoms with van der Waals surface area (Å²) in [5, 5.41) is 0.285. The van der Waals surface area contributed by atoms with Gasteiger partial charge in [0, 0.05) is 11.8 Å². The van der Waals surface area contributed by atoms with Crippen molar-refractivity contribution in [2.45, 2.75) is 24.5 Å². The van der Waals surface area contributed by atoms with Crippen molar-refractivity contribution in [3.63, 3.8) is 0 Å². The minimum Gasteiger partial charge on any atom is -0.406 e. The number of fused-ring (bicyclic) bond motifs is 1. The maximum absolute atomic E-state index is 12.4. The van der Waals surface area contributed by atoms with Crippen LogP contribution in [0.4, 0.5) is 13.2 Å². The molecule has 3 rings (SSSR count). The lowest BCUT2D eigenvalue weighted by Crippen LogP contribution is -2.26. The number of hydrogen-bond acceptors (Lipinski definition) is 3. The third-order valence-electron chi connectivity index (χ3n) is 4.53. The Morgan fingerprint density at radius 3 is 2.91 bits per heavy atom. The second-order valence-corrected chi connectivity index (χ2v) is 7.38. The van der Waals surface area contributed by atoms with Gasteiger partial charge in [-0.15, -0.1) is 13.2 Å². The predicted octanol–water partition coefficient (Wildman–Crippen LogP) is 4.33. The maximum atomic E-state index is 12.4. The van der Waals surface area contributed by atoms with Crippen LogP contribution < -0.4 is 4.74 Å². The van der Waals surface area contributed by atoms with Gasteiger partial charge in [0.25, 0.3) is 0 Å². The van der Waals surface area contributed by atoms with E-state index in [2.05, 4.69) is 16.7 Å². The van der Waals surface area contributed by atoms with E-state index in [1.54, 1.807) is 12.1 Å². The molecule has 0 aromatic heterocycles. The minimum atomic E-state index is -4.63. The van der Waals surface area contributed by atoms with Crippen LogP contribution in [0, 0.1) is 11.8 Å². The Hall–Kier alpha value is -0.880. The summed E-state index contributed by atoms with van der Waals surface area (Å²) in [6.07, 6.45) is -2.32. The van der Waals surface area contributed by atoms with Crippen LogP contribution in [0.15, 0.2) is 24.3 Å². The lowest BCUT2D eigenvalue weighted by atomic mass is 9.85. The van der Waals surface area contributed by atoms with Crippen molar-refractivity contribution < 1.29 is 17.9 Å². The van der Waals surface area contributed by atoms with Gasteiger partial charge in [-0.2, -0.15) is 11.8 Å². The van der Waals surface area contributed by atoms with Gasteiger partial charge in [-0.3, -0.25) is 0 Å². The van der Waals surface area contributed by atoms with Gasteiger partial charge in [-0.1, -0.05) is 12.1 Å². The summed E-state index contributed by atoms with van der Waals surface area (Å²) in [5.41, 5.74) is 0.962. The first-order valence-electron chi connectivity index (χ1n) is 7.58. The summed E-state index contributed by atoms with van der Waals surface area (Å²) in [6.45, 7) is 2.20. The molecule has 0 amide bonds. The van der Waals surface area contributed by atoms with Gasteiger partial charge in [0.15, 0.2) is 0 Å². The van der Waals surface area contributed by atoms with E-state index in [0.717, 1.165) is 37.2 Å². The van der Waals surface area contributed by atoms with Crippen LogP contribution >= 0.6 is 11.8 Å². The van der Waals surface area contributed by atoms with Crippen molar-refractivity contribution in [2.24, 2.45) is 11.8 Å². The topological polar surface area (TPSA) is 12.5 Å². The van der Waals surface area contributed by atoms with E-state index in [4.69, 9.17) is 0 Å². The largest absolute Gasteiger partial charge is 0.573 e. The van der Waals surface area contributed by atoms with Gasteiger partial charge in [0.1, 0.15) is 5.75 Å². The molecule has 1 aromatic rings. The fourth-order valence-electron chi connectivity index (χ4n) is 3.62. The van der Waals surface area contributed by atoms with E-state index in [1.165, 1.54) is 6.07 Å². The molecule has 2 saturated heterocycles. The van der Waals surface area contributed by atoms with Crippen LogP contribution in [0.1, 0.15) is 23.7 Å². The van der Waals surface area contributed by atoms with E-state index < -0.39 is 6.36 Å². The molecular weight excluding hydrogens is 311 g/mol. The number of likely N-dealkylation sites (tertiary alicyclic amines) is 1. The zero-order chi connectivity index (χ0) is 15.7. The van der Waals surface area contributed by atoms with Crippen LogP contribution in [0.2, 0.25) is 0 Å². The first kappa shape index (κ1) is 16.0. The highest BCUT2D eigenvalue weighted by atomic mass is 32.2. The monoisotopic (exact) mass is 331 g/mol. The molecule has 0 spiro atoms. The summed E-state index contributed by atoms with van der Waals surface area (Å²) >= 11 is 1.88. The van der Waals surface area contributed by atoms with Crippen molar-refractivity contribution in [1.82, 2.24) is 4.90 Å². The van der Waals surface area contributed by atoms with Gasteiger partial charge in [-0.05, 0) is 61.7 Å². The third kappa shape index (κ3) is 3.71. The molecule has 2 nitrogen and oxygen atoms in total. The molecule has 0 bridgehead atoms. The number of hydrogen-bond donors (Lipinski definition) is 0. The zero-order valence-corrected chi connectivity index (χ0v) is 13.3. The number of halogens is 3. The molecule has 1 aromatic carbocycles. The Bertz CT molecular complexity index is 522. The fraction of sp³-hybridized carbons (Fsp3) is 0.625. The van der Waals surface area contributed by atoms with Crippen molar-refractivity contribution in [3.05, 3.63) is 29.8 Å². The van der Waals surface area contributed by atoms with Gasteiger partial charge in [0.2, 0.25) is 0 Å². The molecule has 2 aliphatic rings. The second-order valence-electron chi connectivity index (χ2n) is 6.20. The van der Waals surface area contributed by atoms with Gasteiger partial charge in [0.05, 0.1) is 0 Å². The van der Waals surface area contributed by atoms with Crippen molar-refractivity contribution in [1.29, 1.82) is 0 Å². The standard InChI is InChI=1S/C16H20F3NOS/c1-20-7-3-6-14-12(9-20)10-22-15(14)11-4-2-5-13(8-11)21-16(17,18)19/h2,4-5,8,12,14-15H,3,6-7,9-10H2,1H3/t12?,14?,15-/m1/s1. The normalized spacial score (nSPS) is 29.9. The lowest BCUT2D eigenvalue weighted by molar-refractivity contribution is -0.274. The number of thioether (sulfide) groups is 1. The van der Waals surface area contributed by atoms with Crippen molar-refractivity contribution in [2.75, 3.05) is 25.9 Å². The average Bonchev–Trinajstić information content (AvgIpc) is 2.71. The molecule has 0 N–H and O–H groups in total. The molecule has 2 unspecified atom stereocenters. The molecule has 122 valence electrons. The summed E-state index contributed by atoms with van der Waals surface area (Å²) in [6, 6.07) is 6.52. The summed E-state index contributed by atoms with van der Waals surface area (Å²) in [5.74, 6) is 2.16. The Kier molecular flexibility index (Phi) is 4.59. The molecule has 2 fully saturated rings. The molecule has 2 heterocycles. The van der Waals surface area contributed by atoms with E-state index >= 15 is 0 Å². The van der Waals surface area contributed by atoms with Gasteiger partial charge < -0.3 is 9.64 Å². The Morgan fingerprint density at radius 1 is 1.32 bits per heavy atom. The third-order valence-corrected chi connectivity index (χ3v) is 6.13. The van der Waals surface area contributed by atoms with Crippen LogP contribution in [0.3, 0.4) is 0 Å². The second kappa shape index (κ2) is 6.32. The molecule has 6 heteroatoms. The first-order chi connectivity index (χ1) is 10.4. The molecular formula is C16H20F3NOS. The number of benzene rings is 1. The highest BCUT2D eigenvalue weighted by Gasteiger charge is 2.39. The lowest BCUT2D eigenvalue weighted by Gasteiger charge is -2.23. The van der Waals surface area contributed by atoms with E-state index in [-0.39, 0.29) is 11.0 Å². The molecule has 0 aliphatic carbocycles. The Balaban J connectivity index is 1.78. The SMILES string of the molecule is CN1CCCC2C(CS[C@@H]2c2cccc(OC(F)(F)F)c2)C1.